The molecule has 0 N–H and O–H groups in total. The van der Waals surface area contributed by atoms with Gasteiger partial charge in [0.2, 0.25) is 11.8 Å². The maximum absolute atomic E-state index is 5.23. The fourth-order valence-corrected chi connectivity index (χ4v) is 1.50. The Labute approximate surface area is 91.4 Å². The molecule has 84 valence electrons. The molecular formula is C12H19NO2. The number of methoxy groups -OCH3 is 2. The van der Waals surface area contributed by atoms with Gasteiger partial charge < -0.3 is 9.47 Å². The fraction of sp³-hybridized carbons (Fsp3) is 0.583. The summed E-state index contributed by atoms with van der Waals surface area (Å²) in [7, 11) is 3.25. The summed E-state index contributed by atoms with van der Waals surface area (Å²) in [5.41, 5.74) is 1.16. The van der Waals surface area contributed by atoms with Crippen LogP contribution in [0.15, 0.2) is 12.1 Å². The molecule has 0 aromatic carbocycles. The van der Waals surface area contributed by atoms with Gasteiger partial charge in [-0.25, -0.2) is 0 Å². The number of unbranched alkanes of at least 4 members (excludes halogenated alkanes) is 2. The van der Waals surface area contributed by atoms with Crippen molar-refractivity contribution < 1.29 is 9.47 Å². The molecule has 3 nitrogen and oxygen atoms in total. The number of ether oxygens (including phenoxy) is 2. The largest absolute Gasteiger partial charge is 0.481 e. The minimum absolute atomic E-state index is 0.603. The summed E-state index contributed by atoms with van der Waals surface area (Å²) in [5, 5.41) is 0. The Bertz CT molecular complexity index is 300. The van der Waals surface area contributed by atoms with Crippen molar-refractivity contribution in [3.05, 3.63) is 17.7 Å². The summed E-state index contributed by atoms with van der Waals surface area (Å²) in [5.74, 6) is 1.29. The van der Waals surface area contributed by atoms with E-state index >= 15 is 0 Å². The number of hydrogen-bond donors (Lipinski definition) is 0. The van der Waals surface area contributed by atoms with Gasteiger partial charge >= 0.3 is 0 Å². The van der Waals surface area contributed by atoms with Gasteiger partial charge in [0.1, 0.15) is 0 Å². The first-order valence-electron chi connectivity index (χ1n) is 5.39. The Morgan fingerprint density at radius 2 is 1.93 bits per heavy atom. The van der Waals surface area contributed by atoms with Crippen molar-refractivity contribution in [3.8, 4) is 11.8 Å². The van der Waals surface area contributed by atoms with Crippen molar-refractivity contribution in [1.29, 1.82) is 0 Å². The van der Waals surface area contributed by atoms with Crippen LogP contribution >= 0.6 is 0 Å². The van der Waals surface area contributed by atoms with E-state index in [2.05, 4.69) is 11.9 Å². The van der Waals surface area contributed by atoms with E-state index in [-0.39, 0.29) is 0 Å². The molecule has 0 spiro atoms. The lowest BCUT2D eigenvalue weighted by Gasteiger charge is -2.08. The van der Waals surface area contributed by atoms with E-state index in [0.717, 1.165) is 12.0 Å². The summed E-state index contributed by atoms with van der Waals surface area (Å²) in [4.78, 5) is 4.24. The van der Waals surface area contributed by atoms with Gasteiger partial charge in [-0.05, 0) is 18.9 Å². The summed E-state index contributed by atoms with van der Waals surface area (Å²) in [6, 6.07) is 3.91. The highest BCUT2D eigenvalue weighted by molar-refractivity contribution is 5.30. The molecule has 1 aromatic heterocycles. The van der Waals surface area contributed by atoms with Gasteiger partial charge in [0, 0.05) is 11.6 Å². The second kappa shape index (κ2) is 6.27. The highest BCUT2D eigenvalue weighted by atomic mass is 16.5. The van der Waals surface area contributed by atoms with Crippen molar-refractivity contribution in [2.75, 3.05) is 14.2 Å². The van der Waals surface area contributed by atoms with Gasteiger partial charge in [-0.15, -0.1) is 0 Å². The van der Waals surface area contributed by atoms with E-state index in [4.69, 9.17) is 9.47 Å². The van der Waals surface area contributed by atoms with Crippen molar-refractivity contribution >= 4 is 0 Å². The lowest BCUT2D eigenvalue weighted by molar-refractivity contribution is 0.360. The Kier molecular flexibility index (Phi) is 4.95. The molecule has 1 rings (SSSR count). The molecule has 0 saturated heterocycles. The maximum atomic E-state index is 5.23. The first-order valence-corrected chi connectivity index (χ1v) is 5.39. The van der Waals surface area contributed by atoms with Crippen molar-refractivity contribution in [1.82, 2.24) is 4.98 Å². The van der Waals surface area contributed by atoms with E-state index in [9.17, 15) is 0 Å². The second-order valence-corrected chi connectivity index (χ2v) is 3.48. The zero-order valence-corrected chi connectivity index (χ0v) is 9.75. The number of pyridine rings is 1. The minimum Gasteiger partial charge on any atom is -0.481 e. The molecule has 1 aromatic rings. The summed E-state index contributed by atoms with van der Waals surface area (Å²) in [6.07, 6.45) is 4.68. The summed E-state index contributed by atoms with van der Waals surface area (Å²) < 4.78 is 10.3. The predicted molar refractivity (Wildman–Crippen MR) is 60.6 cm³/mol. The van der Waals surface area contributed by atoms with Crippen LogP contribution in [-0.2, 0) is 6.42 Å². The first-order chi connectivity index (χ1) is 7.31. The van der Waals surface area contributed by atoms with Gasteiger partial charge in [0.05, 0.1) is 14.2 Å². The number of rotatable bonds is 6. The van der Waals surface area contributed by atoms with Gasteiger partial charge in [-0.3, -0.25) is 0 Å². The number of hydrogen-bond acceptors (Lipinski definition) is 3. The smallest absolute Gasteiger partial charge is 0.219 e. The molecule has 0 aliphatic rings. The molecule has 0 saturated carbocycles. The molecule has 0 amide bonds. The molecule has 0 unspecified atom stereocenters. The molecule has 15 heavy (non-hydrogen) atoms. The van der Waals surface area contributed by atoms with Crippen LogP contribution in [0.5, 0.6) is 11.8 Å². The Hall–Kier alpha value is -1.25. The molecule has 0 atom stereocenters. The average Bonchev–Trinajstić information content (AvgIpc) is 2.29. The highest BCUT2D eigenvalue weighted by Crippen LogP contribution is 2.21. The van der Waals surface area contributed by atoms with Crippen LogP contribution in [0.2, 0.25) is 0 Å². The molecule has 0 aliphatic carbocycles. The summed E-state index contributed by atoms with van der Waals surface area (Å²) >= 11 is 0. The van der Waals surface area contributed by atoms with Crippen molar-refractivity contribution in [2.45, 2.75) is 32.6 Å². The first kappa shape index (κ1) is 11.8. The average molecular weight is 209 g/mol. The van der Waals surface area contributed by atoms with E-state index in [1.165, 1.54) is 19.3 Å². The lowest BCUT2D eigenvalue weighted by Crippen LogP contribution is -1.97. The van der Waals surface area contributed by atoms with Crippen LogP contribution in [0.25, 0.3) is 0 Å². The van der Waals surface area contributed by atoms with Gasteiger partial charge in [-0.1, -0.05) is 19.8 Å². The Morgan fingerprint density at radius 1 is 1.13 bits per heavy atom. The van der Waals surface area contributed by atoms with Crippen LogP contribution in [0.1, 0.15) is 31.7 Å². The van der Waals surface area contributed by atoms with Crippen LogP contribution in [0, 0.1) is 0 Å². The third-order valence-corrected chi connectivity index (χ3v) is 2.37. The third-order valence-electron chi connectivity index (χ3n) is 2.37. The number of aryl methyl sites for hydroxylation is 1. The van der Waals surface area contributed by atoms with Crippen LogP contribution in [0.3, 0.4) is 0 Å². The van der Waals surface area contributed by atoms with E-state index in [1.807, 2.05) is 12.1 Å². The topological polar surface area (TPSA) is 31.4 Å². The zero-order chi connectivity index (χ0) is 11.1. The minimum atomic E-state index is 0.603. The van der Waals surface area contributed by atoms with Crippen molar-refractivity contribution in [3.63, 3.8) is 0 Å². The number of nitrogens with zero attached hydrogens (tertiary/aromatic N) is 1. The van der Waals surface area contributed by atoms with E-state index in [1.54, 1.807) is 14.2 Å². The molecule has 3 heteroatoms. The maximum Gasteiger partial charge on any atom is 0.219 e. The molecular weight excluding hydrogens is 190 g/mol. The van der Waals surface area contributed by atoms with Gasteiger partial charge in [-0.2, -0.15) is 4.98 Å². The summed E-state index contributed by atoms with van der Waals surface area (Å²) in [6.45, 7) is 2.20. The zero-order valence-electron chi connectivity index (χ0n) is 9.75. The molecule has 0 aliphatic heterocycles. The van der Waals surface area contributed by atoms with Crippen LogP contribution in [-0.4, -0.2) is 19.2 Å². The quantitative estimate of drug-likeness (QED) is 0.675. The standard InChI is InChI=1S/C12H19NO2/c1-4-5-6-7-10-8-9-11(14-2)13-12(10)15-3/h8-9H,4-7H2,1-3H3. The Morgan fingerprint density at radius 3 is 2.53 bits per heavy atom. The molecule has 0 radical (unpaired) electrons. The van der Waals surface area contributed by atoms with E-state index < -0.39 is 0 Å². The lowest BCUT2D eigenvalue weighted by atomic mass is 10.1. The van der Waals surface area contributed by atoms with Crippen LogP contribution < -0.4 is 9.47 Å². The number of aromatic nitrogens is 1. The van der Waals surface area contributed by atoms with Gasteiger partial charge in [0.25, 0.3) is 0 Å². The van der Waals surface area contributed by atoms with E-state index in [0.29, 0.717) is 11.8 Å². The van der Waals surface area contributed by atoms with Gasteiger partial charge in [0.15, 0.2) is 0 Å². The predicted octanol–water partition coefficient (Wildman–Crippen LogP) is 2.83. The normalized spacial score (nSPS) is 10.1. The molecule has 0 fully saturated rings. The fourth-order valence-electron chi connectivity index (χ4n) is 1.50. The monoisotopic (exact) mass is 209 g/mol. The molecule has 0 bridgehead atoms. The van der Waals surface area contributed by atoms with Crippen LogP contribution in [0.4, 0.5) is 0 Å². The molecule has 1 heterocycles. The Balaban J connectivity index is 2.69. The van der Waals surface area contributed by atoms with Crippen molar-refractivity contribution in [2.24, 2.45) is 0 Å². The highest BCUT2D eigenvalue weighted by Gasteiger charge is 2.05. The SMILES string of the molecule is CCCCCc1ccc(OC)nc1OC. The second-order valence-electron chi connectivity index (χ2n) is 3.48. The third kappa shape index (κ3) is 3.42.